The maximum absolute atomic E-state index is 8.77. The van der Waals surface area contributed by atoms with Crippen LogP contribution in [0.25, 0.3) is 0 Å². The SMILES string of the molecule is CC(C)COCCOCCCOc1cccc(C#N)c1. The van der Waals surface area contributed by atoms with Gasteiger partial charge in [0.05, 0.1) is 31.5 Å². The van der Waals surface area contributed by atoms with E-state index in [2.05, 4.69) is 19.9 Å². The predicted molar refractivity (Wildman–Crippen MR) is 77.7 cm³/mol. The van der Waals surface area contributed by atoms with Crippen molar-refractivity contribution >= 4 is 0 Å². The Morgan fingerprint density at radius 2 is 1.90 bits per heavy atom. The van der Waals surface area contributed by atoms with Crippen molar-refractivity contribution in [1.29, 1.82) is 5.26 Å². The summed E-state index contributed by atoms with van der Waals surface area (Å²) in [6.07, 6.45) is 0.820. The van der Waals surface area contributed by atoms with Gasteiger partial charge in [0, 0.05) is 19.6 Å². The fourth-order valence-electron chi connectivity index (χ4n) is 1.55. The first-order valence-corrected chi connectivity index (χ1v) is 7.01. The van der Waals surface area contributed by atoms with Gasteiger partial charge in [-0.2, -0.15) is 5.26 Å². The molecular weight excluding hydrogens is 254 g/mol. The largest absolute Gasteiger partial charge is 0.493 e. The van der Waals surface area contributed by atoms with Gasteiger partial charge in [0.2, 0.25) is 0 Å². The molecule has 1 aromatic rings. The van der Waals surface area contributed by atoms with Crippen molar-refractivity contribution < 1.29 is 14.2 Å². The van der Waals surface area contributed by atoms with Crippen LogP contribution in [0.4, 0.5) is 0 Å². The molecule has 4 nitrogen and oxygen atoms in total. The zero-order valence-electron chi connectivity index (χ0n) is 12.3. The van der Waals surface area contributed by atoms with E-state index in [9.17, 15) is 0 Å². The standard InChI is InChI=1S/C16H23NO3/c1-14(2)13-19-10-9-18-7-4-8-20-16-6-3-5-15(11-16)12-17/h3,5-6,11,14H,4,7-10,13H2,1-2H3. The van der Waals surface area contributed by atoms with Gasteiger partial charge in [-0.3, -0.25) is 0 Å². The average molecular weight is 277 g/mol. The Hall–Kier alpha value is -1.57. The number of hydrogen-bond acceptors (Lipinski definition) is 4. The maximum atomic E-state index is 8.77. The summed E-state index contributed by atoms with van der Waals surface area (Å²) in [5.41, 5.74) is 0.612. The van der Waals surface area contributed by atoms with Gasteiger partial charge < -0.3 is 14.2 Å². The van der Waals surface area contributed by atoms with Crippen LogP contribution in [0.1, 0.15) is 25.8 Å². The van der Waals surface area contributed by atoms with Crippen LogP contribution in [0.15, 0.2) is 24.3 Å². The molecule has 0 atom stereocenters. The summed E-state index contributed by atoms with van der Waals surface area (Å²) in [7, 11) is 0. The molecule has 110 valence electrons. The smallest absolute Gasteiger partial charge is 0.120 e. The fraction of sp³-hybridized carbons (Fsp3) is 0.562. The van der Waals surface area contributed by atoms with E-state index in [4.69, 9.17) is 19.5 Å². The normalized spacial score (nSPS) is 10.5. The van der Waals surface area contributed by atoms with Crippen molar-refractivity contribution in [2.24, 2.45) is 5.92 Å². The summed E-state index contributed by atoms with van der Waals surface area (Å²) in [5.74, 6) is 1.29. The van der Waals surface area contributed by atoms with Crippen molar-refractivity contribution in [2.75, 3.05) is 33.0 Å². The summed E-state index contributed by atoms with van der Waals surface area (Å²) in [6, 6.07) is 9.25. The van der Waals surface area contributed by atoms with E-state index in [-0.39, 0.29) is 0 Å². The molecule has 0 spiro atoms. The van der Waals surface area contributed by atoms with Gasteiger partial charge in [-0.25, -0.2) is 0 Å². The minimum Gasteiger partial charge on any atom is -0.493 e. The van der Waals surface area contributed by atoms with E-state index in [1.165, 1.54) is 0 Å². The number of hydrogen-bond donors (Lipinski definition) is 0. The van der Waals surface area contributed by atoms with Crippen LogP contribution in [0.2, 0.25) is 0 Å². The lowest BCUT2D eigenvalue weighted by Crippen LogP contribution is -2.10. The van der Waals surface area contributed by atoms with Crippen LogP contribution >= 0.6 is 0 Å². The molecule has 20 heavy (non-hydrogen) atoms. The van der Waals surface area contributed by atoms with Crippen LogP contribution in [0, 0.1) is 17.2 Å². The van der Waals surface area contributed by atoms with Crippen molar-refractivity contribution in [1.82, 2.24) is 0 Å². The lowest BCUT2D eigenvalue weighted by atomic mass is 10.2. The van der Waals surface area contributed by atoms with Gasteiger partial charge in [0.15, 0.2) is 0 Å². The molecule has 0 aliphatic heterocycles. The summed E-state index contributed by atoms with van der Waals surface area (Å²) in [6.45, 7) is 7.53. The van der Waals surface area contributed by atoms with Gasteiger partial charge in [-0.05, 0) is 24.1 Å². The zero-order chi connectivity index (χ0) is 14.6. The Bertz CT molecular complexity index is 412. The Morgan fingerprint density at radius 1 is 1.10 bits per heavy atom. The third-order valence-electron chi connectivity index (χ3n) is 2.49. The topological polar surface area (TPSA) is 51.5 Å². The van der Waals surface area contributed by atoms with E-state index in [1.54, 1.807) is 12.1 Å². The van der Waals surface area contributed by atoms with Crippen LogP contribution in [-0.4, -0.2) is 33.0 Å². The summed E-state index contributed by atoms with van der Waals surface area (Å²) >= 11 is 0. The molecule has 0 aromatic heterocycles. The highest BCUT2D eigenvalue weighted by atomic mass is 16.5. The fourth-order valence-corrected chi connectivity index (χ4v) is 1.55. The molecule has 1 aromatic carbocycles. The first-order chi connectivity index (χ1) is 9.72. The first-order valence-electron chi connectivity index (χ1n) is 7.01. The minimum absolute atomic E-state index is 0.563. The van der Waals surface area contributed by atoms with Crippen LogP contribution in [0.3, 0.4) is 0 Å². The number of ether oxygens (including phenoxy) is 3. The van der Waals surface area contributed by atoms with E-state index < -0.39 is 0 Å². The molecule has 0 heterocycles. The van der Waals surface area contributed by atoms with Gasteiger partial charge in [0.25, 0.3) is 0 Å². The second kappa shape index (κ2) is 10.2. The molecule has 0 bridgehead atoms. The molecule has 0 saturated carbocycles. The highest BCUT2D eigenvalue weighted by Crippen LogP contribution is 2.12. The van der Waals surface area contributed by atoms with Crippen molar-refractivity contribution in [3.63, 3.8) is 0 Å². The molecule has 4 heteroatoms. The van der Waals surface area contributed by atoms with Crippen molar-refractivity contribution in [3.05, 3.63) is 29.8 Å². The highest BCUT2D eigenvalue weighted by molar-refractivity contribution is 5.36. The Kier molecular flexibility index (Phi) is 8.44. The van der Waals surface area contributed by atoms with Crippen LogP contribution < -0.4 is 4.74 Å². The zero-order valence-corrected chi connectivity index (χ0v) is 12.3. The third-order valence-corrected chi connectivity index (χ3v) is 2.49. The molecule has 0 amide bonds. The molecule has 0 fully saturated rings. The molecule has 0 aliphatic rings. The van der Waals surface area contributed by atoms with E-state index >= 15 is 0 Å². The van der Waals surface area contributed by atoms with E-state index in [1.807, 2.05) is 12.1 Å². The number of benzene rings is 1. The van der Waals surface area contributed by atoms with Gasteiger partial charge >= 0.3 is 0 Å². The quantitative estimate of drug-likeness (QED) is 0.617. The van der Waals surface area contributed by atoms with Gasteiger partial charge in [-0.1, -0.05) is 19.9 Å². The second-order valence-corrected chi connectivity index (χ2v) is 4.92. The average Bonchev–Trinajstić information content (AvgIpc) is 2.45. The summed E-state index contributed by atoms with van der Waals surface area (Å²) in [5, 5.41) is 8.77. The monoisotopic (exact) mass is 277 g/mol. The summed E-state index contributed by atoms with van der Waals surface area (Å²) in [4.78, 5) is 0. The number of rotatable bonds is 10. The summed E-state index contributed by atoms with van der Waals surface area (Å²) < 4.78 is 16.4. The number of nitriles is 1. The van der Waals surface area contributed by atoms with Gasteiger partial charge in [0.1, 0.15) is 5.75 Å². The lowest BCUT2D eigenvalue weighted by molar-refractivity contribution is 0.0343. The molecule has 0 aliphatic carbocycles. The third kappa shape index (κ3) is 7.78. The van der Waals surface area contributed by atoms with Crippen molar-refractivity contribution in [3.8, 4) is 11.8 Å². The predicted octanol–water partition coefficient (Wildman–Crippen LogP) is 3.02. The Labute approximate surface area is 121 Å². The number of nitrogens with zero attached hydrogens (tertiary/aromatic N) is 1. The van der Waals surface area contributed by atoms with Gasteiger partial charge in [-0.15, -0.1) is 0 Å². The first kappa shape index (κ1) is 16.5. The second-order valence-electron chi connectivity index (χ2n) is 4.92. The Balaban J connectivity index is 1.98. The lowest BCUT2D eigenvalue weighted by Gasteiger charge is -2.08. The molecule has 1 rings (SSSR count). The highest BCUT2D eigenvalue weighted by Gasteiger charge is 1.97. The maximum Gasteiger partial charge on any atom is 0.120 e. The molecular formula is C16H23NO3. The Morgan fingerprint density at radius 3 is 2.65 bits per heavy atom. The molecule has 0 radical (unpaired) electrons. The molecule has 0 unspecified atom stereocenters. The van der Waals surface area contributed by atoms with E-state index in [0.29, 0.717) is 37.9 Å². The molecule has 0 N–H and O–H groups in total. The van der Waals surface area contributed by atoms with Crippen LogP contribution in [-0.2, 0) is 9.47 Å². The van der Waals surface area contributed by atoms with Crippen LogP contribution in [0.5, 0.6) is 5.75 Å². The minimum atomic E-state index is 0.563. The molecule has 0 saturated heterocycles. The van der Waals surface area contributed by atoms with Crippen molar-refractivity contribution in [2.45, 2.75) is 20.3 Å². The van der Waals surface area contributed by atoms with E-state index in [0.717, 1.165) is 18.8 Å².